The molecular formula is C17H25NO4. The summed E-state index contributed by atoms with van der Waals surface area (Å²) in [6.07, 6.45) is -1.14. The van der Waals surface area contributed by atoms with Crippen LogP contribution in [-0.2, 0) is 20.9 Å². The number of hydrogen-bond acceptors (Lipinski definition) is 4. The molecular weight excluding hydrogens is 282 g/mol. The predicted molar refractivity (Wildman–Crippen MR) is 83.9 cm³/mol. The molecule has 5 nitrogen and oxygen atoms in total. The number of rotatable bonds is 7. The van der Waals surface area contributed by atoms with E-state index < -0.39 is 24.0 Å². The van der Waals surface area contributed by atoms with E-state index in [2.05, 4.69) is 5.32 Å². The van der Waals surface area contributed by atoms with Crippen molar-refractivity contribution in [3.8, 4) is 0 Å². The van der Waals surface area contributed by atoms with E-state index in [-0.39, 0.29) is 18.4 Å². The lowest BCUT2D eigenvalue weighted by Crippen LogP contribution is -2.49. The molecule has 0 spiro atoms. The fourth-order valence-corrected chi connectivity index (χ4v) is 1.86. The standard InChI is InChI=1S/C17H25NO4/c1-11(2)14(18-16(20)15(19)12(3)4)17(21)22-10-13-8-6-5-7-9-13/h5-9,11-12,14-15,19H,10H2,1-4H3,(H,18,20)/t14-,15-/m0/s1. The first kappa shape index (κ1) is 18.2. The number of carbonyl (C=O) groups is 2. The molecule has 0 radical (unpaired) electrons. The van der Waals surface area contributed by atoms with Crippen molar-refractivity contribution in [1.29, 1.82) is 0 Å². The second-order valence-corrected chi connectivity index (χ2v) is 6.01. The second-order valence-electron chi connectivity index (χ2n) is 6.01. The van der Waals surface area contributed by atoms with Gasteiger partial charge in [-0.2, -0.15) is 0 Å². The zero-order valence-electron chi connectivity index (χ0n) is 13.6. The van der Waals surface area contributed by atoms with Crippen LogP contribution in [0.25, 0.3) is 0 Å². The van der Waals surface area contributed by atoms with Crippen molar-refractivity contribution in [2.75, 3.05) is 0 Å². The van der Waals surface area contributed by atoms with Gasteiger partial charge in [-0.05, 0) is 17.4 Å². The molecule has 0 heterocycles. The number of hydrogen-bond donors (Lipinski definition) is 2. The molecule has 0 bridgehead atoms. The summed E-state index contributed by atoms with van der Waals surface area (Å²) in [6.45, 7) is 7.27. The Kier molecular flexibility index (Phi) is 7.05. The monoisotopic (exact) mass is 307 g/mol. The van der Waals surface area contributed by atoms with Crippen molar-refractivity contribution in [2.45, 2.75) is 46.4 Å². The maximum absolute atomic E-state index is 12.2. The van der Waals surface area contributed by atoms with Gasteiger partial charge in [0.2, 0.25) is 5.91 Å². The van der Waals surface area contributed by atoms with Crippen molar-refractivity contribution < 1.29 is 19.4 Å². The number of ether oxygens (including phenoxy) is 1. The number of amides is 1. The van der Waals surface area contributed by atoms with Crippen molar-refractivity contribution in [3.63, 3.8) is 0 Å². The first-order valence-electron chi connectivity index (χ1n) is 7.52. The summed E-state index contributed by atoms with van der Waals surface area (Å²) >= 11 is 0. The Morgan fingerprint density at radius 1 is 1.09 bits per heavy atom. The topological polar surface area (TPSA) is 75.6 Å². The molecule has 1 aromatic carbocycles. The third-order valence-corrected chi connectivity index (χ3v) is 3.34. The normalized spacial score (nSPS) is 13.8. The largest absolute Gasteiger partial charge is 0.459 e. The van der Waals surface area contributed by atoms with Gasteiger partial charge in [0, 0.05) is 0 Å². The predicted octanol–water partition coefficient (Wildman–Crippen LogP) is 1.89. The molecule has 0 saturated heterocycles. The maximum Gasteiger partial charge on any atom is 0.329 e. The van der Waals surface area contributed by atoms with Gasteiger partial charge in [0.1, 0.15) is 18.8 Å². The van der Waals surface area contributed by atoms with E-state index in [1.165, 1.54) is 0 Å². The van der Waals surface area contributed by atoms with E-state index in [0.29, 0.717) is 0 Å². The van der Waals surface area contributed by atoms with Crippen LogP contribution in [0.3, 0.4) is 0 Å². The van der Waals surface area contributed by atoms with Crippen LogP contribution in [0.2, 0.25) is 0 Å². The van der Waals surface area contributed by atoms with E-state index in [1.54, 1.807) is 13.8 Å². The molecule has 2 atom stereocenters. The van der Waals surface area contributed by atoms with E-state index in [0.717, 1.165) is 5.56 Å². The molecule has 0 aliphatic carbocycles. The molecule has 0 aliphatic heterocycles. The number of aliphatic hydroxyl groups excluding tert-OH is 1. The van der Waals surface area contributed by atoms with Crippen LogP contribution >= 0.6 is 0 Å². The number of benzene rings is 1. The minimum atomic E-state index is -1.14. The minimum Gasteiger partial charge on any atom is -0.459 e. The van der Waals surface area contributed by atoms with Gasteiger partial charge in [-0.15, -0.1) is 0 Å². The summed E-state index contributed by atoms with van der Waals surface area (Å²) in [5.41, 5.74) is 0.881. The SMILES string of the molecule is CC(C)[C@H](O)C(=O)N[C@H](C(=O)OCc1ccccc1)C(C)C. The molecule has 0 unspecified atom stereocenters. The summed E-state index contributed by atoms with van der Waals surface area (Å²) < 4.78 is 5.26. The summed E-state index contributed by atoms with van der Waals surface area (Å²) in [7, 11) is 0. The van der Waals surface area contributed by atoms with E-state index in [1.807, 2.05) is 44.2 Å². The van der Waals surface area contributed by atoms with Crippen molar-refractivity contribution in [1.82, 2.24) is 5.32 Å². The molecule has 0 saturated carbocycles. The van der Waals surface area contributed by atoms with Crippen LogP contribution in [0.1, 0.15) is 33.3 Å². The van der Waals surface area contributed by atoms with E-state index >= 15 is 0 Å². The number of carbonyl (C=O) groups excluding carboxylic acids is 2. The molecule has 0 aromatic heterocycles. The summed E-state index contributed by atoms with van der Waals surface area (Å²) in [5.74, 6) is -1.40. The summed E-state index contributed by atoms with van der Waals surface area (Å²) in [5, 5.41) is 12.3. The molecule has 1 amide bonds. The fraction of sp³-hybridized carbons (Fsp3) is 0.529. The Morgan fingerprint density at radius 2 is 1.68 bits per heavy atom. The van der Waals surface area contributed by atoms with Gasteiger partial charge in [0.05, 0.1) is 0 Å². The van der Waals surface area contributed by atoms with Gasteiger partial charge >= 0.3 is 5.97 Å². The zero-order chi connectivity index (χ0) is 16.7. The lowest BCUT2D eigenvalue weighted by Gasteiger charge is -2.23. The van der Waals surface area contributed by atoms with Crippen molar-refractivity contribution >= 4 is 11.9 Å². The van der Waals surface area contributed by atoms with Gasteiger partial charge in [-0.3, -0.25) is 4.79 Å². The van der Waals surface area contributed by atoms with Gasteiger partial charge in [-0.1, -0.05) is 58.0 Å². The second kappa shape index (κ2) is 8.54. The summed E-state index contributed by atoms with van der Waals surface area (Å²) in [4.78, 5) is 24.1. The van der Waals surface area contributed by atoms with Gasteiger partial charge in [0.15, 0.2) is 0 Å². The van der Waals surface area contributed by atoms with Crippen molar-refractivity contribution in [3.05, 3.63) is 35.9 Å². The van der Waals surface area contributed by atoms with E-state index in [9.17, 15) is 14.7 Å². The van der Waals surface area contributed by atoms with E-state index in [4.69, 9.17) is 4.74 Å². The average Bonchev–Trinajstić information content (AvgIpc) is 2.49. The van der Waals surface area contributed by atoms with Gasteiger partial charge in [-0.25, -0.2) is 4.79 Å². The first-order valence-corrected chi connectivity index (χ1v) is 7.52. The molecule has 0 fully saturated rings. The third-order valence-electron chi connectivity index (χ3n) is 3.34. The highest BCUT2D eigenvalue weighted by Gasteiger charge is 2.29. The van der Waals surface area contributed by atoms with Crippen LogP contribution in [-0.4, -0.2) is 29.1 Å². The Morgan fingerprint density at radius 3 is 2.18 bits per heavy atom. The lowest BCUT2D eigenvalue weighted by molar-refractivity contribution is -0.151. The lowest BCUT2D eigenvalue weighted by atomic mass is 10.0. The van der Waals surface area contributed by atoms with Crippen LogP contribution in [0, 0.1) is 11.8 Å². The van der Waals surface area contributed by atoms with Crippen LogP contribution in [0.15, 0.2) is 30.3 Å². The maximum atomic E-state index is 12.2. The van der Waals surface area contributed by atoms with Crippen LogP contribution in [0.4, 0.5) is 0 Å². The smallest absolute Gasteiger partial charge is 0.329 e. The van der Waals surface area contributed by atoms with Crippen LogP contribution in [0.5, 0.6) is 0 Å². The molecule has 1 rings (SSSR count). The molecule has 122 valence electrons. The quantitative estimate of drug-likeness (QED) is 0.754. The third kappa shape index (κ3) is 5.48. The first-order chi connectivity index (χ1) is 10.3. The molecule has 5 heteroatoms. The van der Waals surface area contributed by atoms with Crippen molar-refractivity contribution in [2.24, 2.45) is 11.8 Å². The Balaban J connectivity index is 2.62. The average molecular weight is 307 g/mol. The number of esters is 1. The summed E-state index contributed by atoms with van der Waals surface area (Å²) in [6, 6.07) is 8.56. The molecule has 2 N–H and O–H groups in total. The Hall–Kier alpha value is -1.88. The number of nitrogens with one attached hydrogen (secondary N) is 1. The molecule has 1 aromatic rings. The molecule has 0 aliphatic rings. The zero-order valence-corrected chi connectivity index (χ0v) is 13.6. The Labute approximate surface area is 131 Å². The highest BCUT2D eigenvalue weighted by molar-refractivity contribution is 5.87. The fourth-order valence-electron chi connectivity index (χ4n) is 1.86. The Bertz CT molecular complexity index is 485. The van der Waals surface area contributed by atoms with Gasteiger partial charge in [0.25, 0.3) is 0 Å². The van der Waals surface area contributed by atoms with Crippen LogP contribution < -0.4 is 5.32 Å². The highest BCUT2D eigenvalue weighted by atomic mass is 16.5. The minimum absolute atomic E-state index is 0.133. The van der Waals surface area contributed by atoms with Gasteiger partial charge < -0.3 is 15.2 Å². The number of aliphatic hydroxyl groups is 1. The molecule has 22 heavy (non-hydrogen) atoms. The highest BCUT2D eigenvalue weighted by Crippen LogP contribution is 2.09.